The molecule has 0 unspecified atom stereocenters. The van der Waals surface area contributed by atoms with E-state index in [1.54, 1.807) is 30.1 Å². The minimum absolute atomic E-state index is 0.220. The van der Waals surface area contributed by atoms with E-state index >= 15 is 0 Å². The summed E-state index contributed by atoms with van der Waals surface area (Å²) in [7, 11) is 0. The summed E-state index contributed by atoms with van der Waals surface area (Å²) in [4.78, 5) is 13.9. The fraction of sp³-hybridized carbons (Fsp3) is 0.409. The molecule has 5 nitrogen and oxygen atoms in total. The minimum Gasteiger partial charge on any atom is -0.393 e. The molecule has 1 fully saturated rings. The molecule has 7 heteroatoms. The van der Waals surface area contributed by atoms with E-state index in [9.17, 15) is 9.50 Å². The van der Waals surface area contributed by atoms with Gasteiger partial charge in [0.05, 0.1) is 29.5 Å². The number of benzene rings is 1. The third-order valence-corrected chi connectivity index (χ3v) is 6.07. The molecule has 0 amide bonds. The lowest BCUT2D eigenvalue weighted by atomic mass is 9.92. The predicted octanol–water partition coefficient (Wildman–Crippen LogP) is 5.12. The van der Waals surface area contributed by atoms with Crippen LogP contribution in [0, 0.1) is 5.82 Å². The van der Waals surface area contributed by atoms with E-state index in [0.29, 0.717) is 5.25 Å². The summed E-state index contributed by atoms with van der Waals surface area (Å²) in [6, 6.07) is 8.57. The lowest BCUT2D eigenvalue weighted by Gasteiger charge is -2.28. The van der Waals surface area contributed by atoms with E-state index in [-0.39, 0.29) is 18.0 Å². The number of aromatic nitrogens is 4. The maximum absolute atomic E-state index is 13.5. The molecule has 1 aliphatic rings. The van der Waals surface area contributed by atoms with Crippen molar-refractivity contribution in [3.8, 4) is 22.6 Å². The molecule has 0 spiro atoms. The van der Waals surface area contributed by atoms with E-state index in [1.165, 1.54) is 12.1 Å². The second kappa shape index (κ2) is 8.63. The number of thioether (sulfide) groups is 1. The Morgan fingerprint density at radius 1 is 1.07 bits per heavy atom. The summed E-state index contributed by atoms with van der Waals surface area (Å²) in [6.45, 7) is 4.23. The molecule has 2 aromatic heterocycles. The number of hydrogen-bond donors (Lipinski definition) is 1. The second-order valence-corrected chi connectivity index (χ2v) is 9.25. The Bertz CT molecular complexity index is 965. The van der Waals surface area contributed by atoms with E-state index < -0.39 is 0 Å². The predicted molar refractivity (Wildman–Crippen MR) is 113 cm³/mol. The van der Waals surface area contributed by atoms with Gasteiger partial charge >= 0.3 is 0 Å². The molecule has 29 heavy (non-hydrogen) atoms. The van der Waals surface area contributed by atoms with Crippen LogP contribution in [0.5, 0.6) is 0 Å². The van der Waals surface area contributed by atoms with E-state index in [4.69, 9.17) is 4.98 Å². The first kappa shape index (κ1) is 20.0. The number of aliphatic hydroxyl groups is 1. The van der Waals surface area contributed by atoms with Crippen molar-refractivity contribution in [2.45, 2.75) is 62.1 Å². The van der Waals surface area contributed by atoms with Gasteiger partial charge in [-0.3, -0.25) is 0 Å². The fourth-order valence-electron chi connectivity index (χ4n) is 3.79. The van der Waals surface area contributed by atoms with Crippen molar-refractivity contribution >= 4 is 11.8 Å². The van der Waals surface area contributed by atoms with Gasteiger partial charge in [0.25, 0.3) is 0 Å². The van der Waals surface area contributed by atoms with Crippen molar-refractivity contribution in [3.05, 3.63) is 48.7 Å². The highest BCUT2D eigenvalue weighted by Gasteiger charge is 2.26. The van der Waals surface area contributed by atoms with Crippen molar-refractivity contribution in [3.63, 3.8) is 0 Å². The number of rotatable bonds is 5. The van der Waals surface area contributed by atoms with Crippen molar-refractivity contribution in [2.24, 2.45) is 0 Å². The zero-order chi connectivity index (χ0) is 20.4. The summed E-state index contributed by atoms with van der Waals surface area (Å²) >= 11 is 1.62. The summed E-state index contributed by atoms with van der Waals surface area (Å²) in [5, 5.41) is 11.0. The average Bonchev–Trinajstić information content (AvgIpc) is 3.14. The first-order valence-electron chi connectivity index (χ1n) is 10.0. The van der Waals surface area contributed by atoms with Gasteiger partial charge in [-0.1, -0.05) is 25.6 Å². The molecule has 4 rings (SSSR count). The van der Waals surface area contributed by atoms with Crippen LogP contribution >= 0.6 is 11.8 Å². The number of aliphatic hydroxyl groups excluding tert-OH is 1. The van der Waals surface area contributed by atoms with Crippen LogP contribution in [0.25, 0.3) is 22.6 Å². The number of halogens is 1. The molecule has 152 valence electrons. The van der Waals surface area contributed by atoms with Crippen LogP contribution in [0.15, 0.2) is 48.0 Å². The van der Waals surface area contributed by atoms with Gasteiger partial charge in [0.15, 0.2) is 5.16 Å². The number of imidazole rings is 1. The minimum atomic E-state index is -0.270. The zero-order valence-electron chi connectivity index (χ0n) is 16.6. The van der Waals surface area contributed by atoms with Crippen LogP contribution in [-0.4, -0.2) is 36.0 Å². The average molecular weight is 413 g/mol. The van der Waals surface area contributed by atoms with Gasteiger partial charge in [0.1, 0.15) is 5.82 Å². The van der Waals surface area contributed by atoms with Gasteiger partial charge in [-0.05, 0) is 56.0 Å². The third-order valence-electron chi connectivity index (χ3n) is 5.19. The van der Waals surface area contributed by atoms with Crippen molar-refractivity contribution < 1.29 is 9.50 Å². The standard InChI is InChI=1S/C22H25FN4OS/c1-14(2)29-22-24-12-11-19(26-22)21-20(15-3-5-16(23)6-4-15)25-13-27(21)17-7-9-18(28)10-8-17/h3-6,11-14,17-18,28H,7-10H2,1-2H3/t17-,18-. The topological polar surface area (TPSA) is 63.8 Å². The normalized spacial score (nSPS) is 19.6. The number of nitrogens with zero attached hydrogens (tertiary/aromatic N) is 4. The van der Waals surface area contributed by atoms with Crippen LogP contribution in [0.1, 0.15) is 45.6 Å². The molecule has 0 radical (unpaired) electrons. The van der Waals surface area contributed by atoms with Crippen LogP contribution < -0.4 is 0 Å². The maximum Gasteiger partial charge on any atom is 0.188 e. The fourth-order valence-corrected chi connectivity index (χ4v) is 4.48. The van der Waals surface area contributed by atoms with Gasteiger partial charge in [-0.25, -0.2) is 19.3 Å². The Labute approximate surface area is 174 Å². The second-order valence-electron chi connectivity index (χ2n) is 7.71. The summed E-state index contributed by atoms with van der Waals surface area (Å²) in [6.07, 6.45) is 6.77. The first-order valence-corrected chi connectivity index (χ1v) is 10.9. The van der Waals surface area contributed by atoms with Crippen molar-refractivity contribution in [2.75, 3.05) is 0 Å². The van der Waals surface area contributed by atoms with Crippen LogP contribution in [-0.2, 0) is 0 Å². The smallest absolute Gasteiger partial charge is 0.188 e. The molecular weight excluding hydrogens is 387 g/mol. The molecule has 3 aromatic rings. The Hall–Kier alpha value is -2.25. The Morgan fingerprint density at radius 3 is 2.48 bits per heavy atom. The highest BCUT2D eigenvalue weighted by Crippen LogP contribution is 2.37. The van der Waals surface area contributed by atoms with Crippen LogP contribution in [0.3, 0.4) is 0 Å². The first-order chi connectivity index (χ1) is 14.0. The molecular formula is C22H25FN4OS. The van der Waals surface area contributed by atoms with E-state index in [2.05, 4.69) is 28.4 Å². The van der Waals surface area contributed by atoms with Gasteiger partial charge < -0.3 is 9.67 Å². The quantitative estimate of drug-likeness (QED) is 0.465. The number of hydrogen-bond acceptors (Lipinski definition) is 5. The third kappa shape index (κ3) is 4.51. The molecule has 1 aliphatic carbocycles. The molecule has 2 heterocycles. The van der Waals surface area contributed by atoms with Gasteiger partial charge in [0, 0.05) is 23.1 Å². The summed E-state index contributed by atoms with van der Waals surface area (Å²) in [5.41, 5.74) is 3.38. The molecule has 1 N–H and O–H groups in total. The van der Waals surface area contributed by atoms with Gasteiger partial charge in [-0.2, -0.15) is 0 Å². The molecule has 1 saturated carbocycles. The van der Waals surface area contributed by atoms with E-state index in [1.807, 2.05) is 12.4 Å². The monoisotopic (exact) mass is 412 g/mol. The van der Waals surface area contributed by atoms with Crippen LogP contribution in [0.2, 0.25) is 0 Å². The SMILES string of the molecule is CC(C)Sc1nccc(-c2c(-c3ccc(F)cc3)ncn2[C@H]2CC[C@H](O)CC2)n1. The molecule has 1 aromatic carbocycles. The van der Waals surface area contributed by atoms with Crippen LogP contribution in [0.4, 0.5) is 4.39 Å². The maximum atomic E-state index is 13.5. The van der Waals surface area contributed by atoms with E-state index in [0.717, 1.165) is 53.5 Å². The molecule has 0 bridgehead atoms. The highest BCUT2D eigenvalue weighted by molar-refractivity contribution is 7.99. The van der Waals surface area contributed by atoms with Gasteiger partial charge in [0.2, 0.25) is 0 Å². The molecule has 0 aliphatic heterocycles. The molecule has 0 atom stereocenters. The largest absolute Gasteiger partial charge is 0.393 e. The van der Waals surface area contributed by atoms with Gasteiger partial charge in [-0.15, -0.1) is 0 Å². The summed E-state index contributed by atoms with van der Waals surface area (Å²) in [5.74, 6) is -0.270. The Kier molecular flexibility index (Phi) is 5.96. The lowest BCUT2D eigenvalue weighted by Crippen LogP contribution is -2.21. The summed E-state index contributed by atoms with van der Waals surface area (Å²) < 4.78 is 15.6. The zero-order valence-corrected chi connectivity index (χ0v) is 17.4. The Morgan fingerprint density at radius 2 is 1.79 bits per heavy atom. The highest BCUT2D eigenvalue weighted by atomic mass is 32.2. The lowest BCUT2D eigenvalue weighted by molar-refractivity contribution is 0.111. The Balaban J connectivity index is 1.80. The van der Waals surface area contributed by atoms with Crippen molar-refractivity contribution in [1.82, 2.24) is 19.5 Å². The molecule has 0 saturated heterocycles. The van der Waals surface area contributed by atoms with Crippen molar-refractivity contribution in [1.29, 1.82) is 0 Å².